The molecule has 1 saturated heterocycles. The number of hydrogen-bond donors (Lipinski definition) is 2. The normalized spacial score (nSPS) is 27.8. The summed E-state index contributed by atoms with van der Waals surface area (Å²) in [5.41, 5.74) is 5.20. The summed E-state index contributed by atoms with van der Waals surface area (Å²) in [6.07, 6.45) is 48.3. The van der Waals surface area contributed by atoms with Crippen LogP contribution in [0.2, 0.25) is 0 Å². The van der Waals surface area contributed by atoms with Gasteiger partial charge in [0.05, 0.1) is 17.3 Å². The Bertz CT molecular complexity index is 1970. The van der Waals surface area contributed by atoms with Crippen molar-refractivity contribution in [1.82, 2.24) is 0 Å². The van der Waals surface area contributed by atoms with Crippen LogP contribution in [0.4, 0.5) is 0 Å². The number of ether oxygens (including phenoxy) is 2. The van der Waals surface area contributed by atoms with Gasteiger partial charge >= 0.3 is 5.97 Å². The highest BCUT2D eigenvalue weighted by Gasteiger charge is 2.76. The minimum atomic E-state index is -1.08. The second kappa shape index (κ2) is 25.4. The fraction of sp³-hybridized carbons (Fsp3) is 0.534. The Morgan fingerprint density at radius 1 is 0.719 bits per heavy atom. The van der Waals surface area contributed by atoms with Gasteiger partial charge in [0, 0.05) is 36.7 Å². The number of carbonyl (C=O) groups excluding carboxylic acids is 2. The first-order chi connectivity index (χ1) is 30.2. The Hall–Kier alpha value is -4.32. The van der Waals surface area contributed by atoms with E-state index in [1.54, 1.807) is 6.92 Å². The maximum atomic E-state index is 13.5. The van der Waals surface area contributed by atoms with Crippen molar-refractivity contribution in [1.29, 1.82) is 0 Å². The van der Waals surface area contributed by atoms with E-state index in [0.29, 0.717) is 44.1 Å². The summed E-state index contributed by atoms with van der Waals surface area (Å²) in [5.74, 6) is -0.0780. The topological polar surface area (TPSA) is 96.4 Å². The van der Waals surface area contributed by atoms with Crippen molar-refractivity contribution in [2.24, 2.45) is 10.8 Å². The van der Waals surface area contributed by atoms with Crippen LogP contribution in [0.25, 0.3) is 0 Å². The number of fused-ring (bicyclic) bond motifs is 1. The molecule has 2 aliphatic carbocycles. The highest BCUT2D eigenvalue weighted by Crippen LogP contribution is 2.67. The maximum Gasteiger partial charge on any atom is 0.306 e. The smallest absolute Gasteiger partial charge is 0.306 e. The second-order valence-corrected chi connectivity index (χ2v) is 20.0. The Labute approximate surface area is 388 Å². The molecule has 0 amide bonds. The van der Waals surface area contributed by atoms with E-state index >= 15 is 0 Å². The standard InChI is InChI=1S/C58H82O6/c1-12-13-14-15-16-17-18-19-20-21-22-23-24-25-26-37-53(61)63-50-42-55(8,9)58(57(11,43-50)64-58)44-51(60)48(5)36-30-35-46(3)32-28-27-31-45(2)33-29-34-47(4)38-39-52-54(6,7)40-49(59)41-56(52,10)62/h13-14,16-17,19-20,22-23,27-36,38,49-50,59,62H,12,15,18,21,24-26,37,40-44H2,1-11H3/b14-13-,17-16-,20-19-,23-22-,28-27+,33-29+,35-30+,45-31+,46-32+,47-34+,48-36+/t39?,49-,50-,56+,57+,58-/m0/s1. The molecule has 0 aromatic rings. The van der Waals surface area contributed by atoms with Gasteiger partial charge in [0.15, 0.2) is 5.78 Å². The van der Waals surface area contributed by atoms with Crippen LogP contribution in [0.15, 0.2) is 149 Å². The van der Waals surface area contributed by atoms with Gasteiger partial charge in [-0.2, -0.15) is 0 Å². The predicted octanol–water partition coefficient (Wildman–Crippen LogP) is 14.0. The third-order valence-electron chi connectivity index (χ3n) is 12.8. The summed E-state index contributed by atoms with van der Waals surface area (Å²) in [7, 11) is 0. The third kappa shape index (κ3) is 17.2. The van der Waals surface area contributed by atoms with Crippen molar-refractivity contribution in [3.63, 3.8) is 0 Å². The minimum absolute atomic E-state index is 0.0699. The summed E-state index contributed by atoms with van der Waals surface area (Å²) in [6, 6.07) is 0. The zero-order valence-corrected chi connectivity index (χ0v) is 41.3. The van der Waals surface area contributed by atoms with Gasteiger partial charge in [-0.25, -0.2) is 0 Å². The van der Waals surface area contributed by atoms with Crippen LogP contribution >= 0.6 is 0 Å². The van der Waals surface area contributed by atoms with Gasteiger partial charge in [-0.3, -0.25) is 9.59 Å². The van der Waals surface area contributed by atoms with E-state index in [1.165, 1.54) is 0 Å². The van der Waals surface area contributed by atoms with Crippen LogP contribution in [0.5, 0.6) is 0 Å². The van der Waals surface area contributed by atoms with Crippen molar-refractivity contribution < 1.29 is 29.3 Å². The van der Waals surface area contributed by atoms with E-state index in [1.807, 2.05) is 108 Å². The number of aliphatic hydroxyl groups is 2. The number of allylic oxidation sites excluding steroid dienone is 22. The first kappa shape index (κ1) is 54.0. The fourth-order valence-corrected chi connectivity index (χ4v) is 9.40. The molecule has 3 fully saturated rings. The Morgan fingerprint density at radius 3 is 1.86 bits per heavy atom. The number of ketones is 1. The van der Waals surface area contributed by atoms with Gasteiger partial charge in [0.1, 0.15) is 11.7 Å². The first-order valence-corrected chi connectivity index (χ1v) is 23.8. The molecule has 6 heteroatoms. The summed E-state index contributed by atoms with van der Waals surface area (Å²) in [4.78, 5) is 26.3. The predicted molar refractivity (Wildman–Crippen MR) is 268 cm³/mol. The molecule has 3 rings (SSSR count). The molecule has 2 N–H and O–H groups in total. The molecular formula is C58H82O6. The zero-order chi connectivity index (χ0) is 47.4. The lowest BCUT2D eigenvalue weighted by atomic mass is 9.61. The van der Waals surface area contributed by atoms with Gasteiger partial charge in [-0.15, -0.1) is 5.73 Å². The Kier molecular flexibility index (Phi) is 21.4. The highest BCUT2D eigenvalue weighted by atomic mass is 16.6. The van der Waals surface area contributed by atoms with Crippen molar-refractivity contribution in [2.75, 3.05) is 0 Å². The Balaban J connectivity index is 1.41. The lowest BCUT2D eigenvalue weighted by molar-refractivity contribution is -0.153. The van der Waals surface area contributed by atoms with E-state index in [0.717, 1.165) is 67.2 Å². The Morgan fingerprint density at radius 2 is 1.28 bits per heavy atom. The number of aliphatic hydroxyl groups excluding tert-OH is 1. The number of esters is 1. The van der Waals surface area contributed by atoms with E-state index < -0.39 is 22.9 Å². The third-order valence-corrected chi connectivity index (χ3v) is 12.8. The van der Waals surface area contributed by atoms with E-state index in [2.05, 4.69) is 82.0 Å². The molecule has 2 saturated carbocycles. The fourth-order valence-electron chi connectivity index (χ4n) is 9.40. The number of hydrogen-bond acceptors (Lipinski definition) is 6. The van der Waals surface area contributed by atoms with Gasteiger partial charge in [-0.05, 0) is 122 Å². The molecule has 64 heavy (non-hydrogen) atoms. The van der Waals surface area contributed by atoms with Crippen LogP contribution in [-0.2, 0) is 19.1 Å². The monoisotopic (exact) mass is 875 g/mol. The van der Waals surface area contributed by atoms with Crippen molar-refractivity contribution in [3.05, 3.63) is 149 Å². The molecular weight excluding hydrogens is 793 g/mol. The molecule has 0 spiro atoms. The lowest BCUT2D eigenvalue weighted by Gasteiger charge is -2.43. The van der Waals surface area contributed by atoms with Crippen LogP contribution < -0.4 is 0 Å². The summed E-state index contributed by atoms with van der Waals surface area (Å²) in [5, 5.41) is 21.1. The van der Waals surface area contributed by atoms with E-state index in [-0.39, 0.29) is 28.7 Å². The van der Waals surface area contributed by atoms with Crippen LogP contribution in [0, 0.1) is 10.8 Å². The van der Waals surface area contributed by atoms with Gasteiger partial charge in [0.25, 0.3) is 0 Å². The highest BCUT2D eigenvalue weighted by molar-refractivity contribution is 5.96. The van der Waals surface area contributed by atoms with Crippen LogP contribution in [-0.4, -0.2) is 51.0 Å². The molecule has 1 aliphatic heterocycles. The first-order valence-electron chi connectivity index (χ1n) is 23.8. The van der Waals surface area contributed by atoms with Crippen molar-refractivity contribution in [2.45, 2.75) is 189 Å². The quantitative estimate of drug-likeness (QED) is 0.0202. The molecule has 1 heterocycles. The molecule has 350 valence electrons. The van der Waals surface area contributed by atoms with Gasteiger partial charge in [-0.1, -0.05) is 155 Å². The number of unbranched alkanes of at least 4 members (excludes halogenated alkanes) is 2. The molecule has 0 radical (unpaired) electrons. The maximum absolute atomic E-state index is 13.5. The van der Waals surface area contributed by atoms with E-state index in [4.69, 9.17) is 9.47 Å². The van der Waals surface area contributed by atoms with E-state index in [9.17, 15) is 19.8 Å². The van der Waals surface area contributed by atoms with Crippen molar-refractivity contribution >= 4 is 11.8 Å². The van der Waals surface area contributed by atoms with Crippen LogP contribution in [0.3, 0.4) is 0 Å². The van der Waals surface area contributed by atoms with Gasteiger partial charge < -0.3 is 19.7 Å². The lowest BCUT2D eigenvalue weighted by Crippen LogP contribution is -2.49. The molecule has 0 bridgehead atoms. The number of carbonyl (C=O) groups is 2. The second-order valence-electron chi connectivity index (χ2n) is 20.0. The summed E-state index contributed by atoms with van der Waals surface area (Å²) >= 11 is 0. The van der Waals surface area contributed by atoms with Gasteiger partial charge in [0.2, 0.25) is 0 Å². The molecule has 5 atom stereocenters. The largest absolute Gasteiger partial charge is 0.462 e. The summed E-state index contributed by atoms with van der Waals surface area (Å²) in [6.45, 7) is 22.3. The van der Waals surface area contributed by atoms with Crippen LogP contribution in [0.1, 0.15) is 160 Å². The molecule has 6 nitrogen and oxygen atoms in total. The number of rotatable bonds is 23. The SMILES string of the molecule is CC/C=C\C/C=C\C/C=C\C/C=C\CCCCC(=O)O[C@H]1CC(C)(C)[C@]2(CC(=O)/C(C)=C/C=C/C(C)=C/C=C/C=C(C)/C=C/C=C(\C)C=C=C3C(C)(C)C[C@H](O)C[C@@]3(C)O)O[C@]2(C)C1. The molecule has 0 aromatic carbocycles. The van der Waals surface area contributed by atoms with Crippen molar-refractivity contribution in [3.8, 4) is 0 Å². The molecule has 0 aromatic heterocycles. The number of epoxide rings is 1. The molecule has 0 unspecified atom stereocenters. The average Bonchev–Trinajstić information content (AvgIpc) is 3.81. The number of Topliss-reactive ketones (excluding diaryl/α,β-unsaturated/α-hetero) is 1. The summed E-state index contributed by atoms with van der Waals surface area (Å²) < 4.78 is 12.5. The average molecular weight is 875 g/mol. The zero-order valence-electron chi connectivity index (χ0n) is 41.3. The molecule has 3 aliphatic rings. The minimum Gasteiger partial charge on any atom is -0.462 e.